The van der Waals surface area contributed by atoms with E-state index in [0.717, 1.165) is 40.4 Å². The number of carbonyl (C=O) groups excluding carboxylic acids is 2. The van der Waals surface area contributed by atoms with E-state index < -0.39 is 5.92 Å². The van der Waals surface area contributed by atoms with Crippen LogP contribution < -0.4 is 0 Å². The Morgan fingerprint density at radius 1 is 1.30 bits per heavy atom. The molecule has 1 aromatic heterocycles. The minimum atomic E-state index is -0.432. The lowest BCUT2D eigenvalue weighted by molar-refractivity contribution is -0.147. The molecule has 5 nitrogen and oxygen atoms in total. The summed E-state index contributed by atoms with van der Waals surface area (Å²) >= 11 is 0. The van der Waals surface area contributed by atoms with Gasteiger partial charge in [0, 0.05) is 11.0 Å². The zero-order valence-corrected chi connectivity index (χ0v) is 15.8. The van der Waals surface area contributed by atoms with Crippen LogP contribution in [-0.2, 0) is 20.7 Å². The third-order valence-electron chi connectivity index (χ3n) is 5.11. The van der Waals surface area contributed by atoms with Crippen molar-refractivity contribution in [3.05, 3.63) is 52.2 Å². The first-order valence-corrected chi connectivity index (χ1v) is 9.15. The summed E-state index contributed by atoms with van der Waals surface area (Å²) in [5.41, 5.74) is 4.93. The average molecular weight is 365 g/mol. The summed E-state index contributed by atoms with van der Waals surface area (Å²) in [5.74, 6) is -0.511. The number of carbonyl (C=O) groups is 2. The zero-order valence-electron chi connectivity index (χ0n) is 15.8. The van der Waals surface area contributed by atoms with Crippen LogP contribution in [0.25, 0.3) is 17.0 Å². The van der Waals surface area contributed by atoms with Crippen molar-refractivity contribution in [1.29, 1.82) is 0 Å². The molecule has 0 radical (unpaired) electrons. The van der Waals surface area contributed by atoms with Crippen molar-refractivity contribution in [2.75, 3.05) is 6.61 Å². The molecule has 1 aliphatic rings. The van der Waals surface area contributed by atoms with E-state index in [1.807, 2.05) is 26.0 Å². The minimum absolute atomic E-state index is 0.0160. The van der Waals surface area contributed by atoms with Gasteiger partial charge in [0.2, 0.25) is 0 Å². The smallest absolute Gasteiger partial charge is 0.313 e. The number of pyridine rings is 1. The number of fused-ring (bicyclic) bond motifs is 1. The quantitative estimate of drug-likeness (QED) is 0.642. The van der Waals surface area contributed by atoms with Crippen molar-refractivity contribution in [1.82, 2.24) is 4.98 Å². The van der Waals surface area contributed by atoms with E-state index in [1.165, 1.54) is 0 Å². The summed E-state index contributed by atoms with van der Waals surface area (Å²) in [6.07, 6.45) is 5.82. The highest BCUT2D eigenvalue weighted by Gasteiger charge is 2.28. The molecule has 0 saturated carbocycles. The summed E-state index contributed by atoms with van der Waals surface area (Å²) in [5, 5.41) is 10.7. The van der Waals surface area contributed by atoms with Gasteiger partial charge < -0.3 is 9.84 Å². The molecule has 1 aromatic carbocycles. The molecule has 0 bridgehead atoms. The number of cyclic esters (lactones) is 1. The topological polar surface area (TPSA) is 76.5 Å². The van der Waals surface area contributed by atoms with Crippen LogP contribution >= 0.6 is 0 Å². The van der Waals surface area contributed by atoms with E-state index in [2.05, 4.69) is 6.92 Å². The number of ether oxygens (including phenoxy) is 1. The van der Waals surface area contributed by atoms with E-state index in [4.69, 9.17) is 9.72 Å². The minimum Gasteiger partial charge on any atom is -0.508 e. The fourth-order valence-electron chi connectivity index (χ4n) is 3.62. The summed E-state index contributed by atoms with van der Waals surface area (Å²) in [7, 11) is 0. The van der Waals surface area contributed by atoms with E-state index in [9.17, 15) is 14.7 Å². The second kappa shape index (κ2) is 7.74. The highest BCUT2D eigenvalue weighted by molar-refractivity contribution is 5.88. The Balaban J connectivity index is 2.11. The Bertz CT molecular complexity index is 972. The Labute approximate surface area is 158 Å². The molecule has 1 aliphatic heterocycles. The van der Waals surface area contributed by atoms with Crippen molar-refractivity contribution in [3.63, 3.8) is 0 Å². The second-order valence-corrected chi connectivity index (χ2v) is 6.66. The molecule has 27 heavy (non-hydrogen) atoms. The van der Waals surface area contributed by atoms with Gasteiger partial charge in [0.15, 0.2) is 0 Å². The maximum absolute atomic E-state index is 12.0. The molecule has 0 unspecified atom stereocenters. The first kappa shape index (κ1) is 18.8. The lowest BCUT2D eigenvalue weighted by atomic mass is 9.89. The standard InChI is InChI=1S/C22H23NO4/c1-4-16-13(3)20(23-21-8-6-15(25)10-19(16)21)9-7-18-14(11-24)12-27-22(26)17(18)5-2/h6-11,17,25H,4-5,12H2,1-3H3/b9-7+/t17-/m1/s1. The Kier molecular flexibility index (Phi) is 5.40. The van der Waals surface area contributed by atoms with Crippen molar-refractivity contribution in [2.24, 2.45) is 5.92 Å². The predicted molar refractivity (Wildman–Crippen MR) is 104 cm³/mol. The number of phenols is 1. The number of hydrogen-bond donors (Lipinski definition) is 1. The summed E-state index contributed by atoms with van der Waals surface area (Å²) in [6.45, 7) is 5.98. The third-order valence-corrected chi connectivity index (χ3v) is 5.11. The number of allylic oxidation sites excluding steroid dienone is 1. The Morgan fingerprint density at radius 2 is 2.07 bits per heavy atom. The van der Waals surface area contributed by atoms with Crippen LogP contribution in [0.5, 0.6) is 5.75 Å². The van der Waals surface area contributed by atoms with E-state index in [-0.39, 0.29) is 18.3 Å². The summed E-state index contributed by atoms with van der Waals surface area (Å²) in [4.78, 5) is 28.1. The van der Waals surface area contributed by atoms with Gasteiger partial charge in [-0.05, 0) is 60.7 Å². The monoisotopic (exact) mass is 365 g/mol. The van der Waals surface area contributed by atoms with Crippen LogP contribution in [0.4, 0.5) is 0 Å². The number of aldehydes is 1. The molecule has 0 saturated heterocycles. The maximum Gasteiger partial charge on any atom is 0.313 e. The molecule has 2 heterocycles. The van der Waals surface area contributed by atoms with Crippen LogP contribution in [0, 0.1) is 12.8 Å². The first-order valence-electron chi connectivity index (χ1n) is 9.15. The molecule has 140 valence electrons. The van der Waals surface area contributed by atoms with Gasteiger partial charge >= 0.3 is 5.97 Å². The van der Waals surface area contributed by atoms with Crippen molar-refractivity contribution < 1.29 is 19.4 Å². The fourth-order valence-corrected chi connectivity index (χ4v) is 3.62. The zero-order chi connectivity index (χ0) is 19.6. The van der Waals surface area contributed by atoms with Gasteiger partial charge in [-0.25, -0.2) is 4.98 Å². The SMILES string of the molecule is CCc1c(C)c(/C=C/C2=C(C=O)COC(=O)[C@@H]2CC)nc2ccc(O)cc12. The van der Waals surface area contributed by atoms with Crippen molar-refractivity contribution in [3.8, 4) is 5.75 Å². The molecule has 1 atom stereocenters. The van der Waals surface area contributed by atoms with E-state index in [0.29, 0.717) is 17.6 Å². The van der Waals surface area contributed by atoms with Crippen LogP contribution in [0.3, 0.4) is 0 Å². The van der Waals surface area contributed by atoms with E-state index >= 15 is 0 Å². The molecule has 1 N–H and O–H groups in total. The van der Waals surface area contributed by atoms with Gasteiger partial charge in [-0.3, -0.25) is 9.59 Å². The van der Waals surface area contributed by atoms with Gasteiger partial charge in [0.25, 0.3) is 0 Å². The highest BCUT2D eigenvalue weighted by atomic mass is 16.5. The van der Waals surface area contributed by atoms with Gasteiger partial charge in [0.05, 0.1) is 17.1 Å². The number of aryl methyl sites for hydroxylation is 1. The van der Waals surface area contributed by atoms with Crippen LogP contribution in [0.15, 0.2) is 35.4 Å². The number of aromatic hydroxyl groups is 1. The van der Waals surface area contributed by atoms with Crippen LogP contribution in [0.2, 0.25) is 0 Å². The average Bonchev–Trinajstić information content (AvgIpc) is 2.66. The van der Waals surface area contributed by atoms with Crippen molar-refractivity contribution >= 4 is 29.2 Å². The molecule has 5 heteroatoms. The molecule has 2 aromatic rings. The van der Waals surface area contributed by atoms with Crippen LogP contribution in [0.1, 0.15) is 37.1 Å². The largest absolute Gasteiger partial charge is 0.508 e. The second-order valence-electron chi connectivity index (χ2n) is 6.66. The summed E-state index contributed by atoms with van der Waals surface area (Å²) < 4.78 is 5.10. The van der Waals surface area contributed by atoms with Gasteiger partial charge in [0.1, 0.15) is 18.6 Å². The third kappa shape index (κ3) is 3.50. The number of nitrogens with zero attached hydrogens (tertiary/aromatic N) is 1. The number of rotatable bonds is 5. The predicted octanol–water partition coefficient (Wildman–Crippen LogP) is 3.90. The first-order chi connectivity index (χ1) is 13.0. The molecular formula is C22H23NO4. The van der Waals surface area contributed by atoms with Gasteiger partial charge in [-0.2, -0.15) is 0 Å². The number of hydrogen-bond acceptors (Lipinski definition) is 5. The number of esters is 1. The van der Waals surface area contributed by atoms with Crippen LogP contribution in [-0.4, -0.2) is 29.0 Å². The molecule has 0 amide bonds. The maximum atomic E-state index is 12.0. The van der Waals surface area contributed by atoms with E-state index in [1.54, 1.807) is 18.2 Å². The molecule has 0 fully saturated rings. The molecule has 0 aliphatic carbocycles. The number of benzene rings is 1. The lowest BCUT2D eigenvalue weighted by Crippen LogP contribution is -2.27. The Hall–Kier alpha value is -2.95. The molecular weight excluding hydrogens is 342 g/mol. The van der Waals surface area contributed by atoms with Gasteiger partial charge in [-0.15, -0.1) is 0 Å². The number of phenolic OH excluding ortho intramolecular Hbond substituents is 1. The highest BCUT2D eigenvalue weighted by Crippen LogP contribution is 2.30. The normalized spacial score (nSPS) is 17.6. The molecule has 3 rings (SSSR count). The lowest BCUT2D eigenvalue weighted by Gasteiger charge is -2.23. The fraction of sp³-hybridized carbons (Fsp3) is 0.318. The summed E-state index contributed by atoms with van der Waals surface area (Å²) in [6, 6.07) is 5.15. The van der Waals surface area contributed by atoms with Crippen molar-refractivity contribution in [2.45, 2.75) is 33.6 Å². The molecule has 0 spiro atoms. The number of aromatic nitrogens is 1. The Morgan fingerprint density at radius 3 is 2.74 bits per heavy atom. The van der Waals surface area contributed by atoms with Gasteiger partial charge in [-0.1, -0.05) is 19.9 Å².